The molecule has 0 aromatic rings. The molecule has 5 nitrogen and oxygen atoms in total. The van der Waals surface area contributed by atoms with E-state index in [1.54, 1.807) is 0 Å². The second kappa shape index (κ2) is 4.97. The Morgan fingerprint density at radius 1 is 1.54 bits per heavy atom. The molecule has 13 heavy (non-hydrogen) atoms. The van der Waals surface area contributed by atoms with Gasteiger partial charge in [-0.1, -0.05) is 19.2 Å². The average Bonchev–Trinajstić information content (AvgIpc) is 2.00. The molecule has 0 bridgehead atoms. The summed E-state index contributed by atoms with van der Waals surface area (Å²) in [4.78, 5) is 27.7. The maximum atomic E-state index is 10.6. The van der Waals surface area contributed by atoms with Crippen LogP contribution in [0.1, 0.15) is 0 Å². The van der Waals surface area contributed by atoms with Gasteiger partial charge in [0.1, 0.15) is 6.10 Å². The lowest BCUT2D eigenvalue weighted by Gasteiger charge is -2.12. The van der Waals surface area contributed by atoms with Gasteiger partial charge in [0.05, 0.1) is 6.16 Å². The minimum absolute atomic E-state index is 0.559. The van der Waals surface area contributed by atoms with Gasteiger partial charge in [0, 0.05) is 6.08 Å². The van der Waals surface area contributed by atoms with E-state index < -0.39 is 25.8 Å². The molecule has 2 N–H and O–H groups in total. The molecule has 0 aromatic carbocycles. The fourth-order valence-electron chi connectivity index (χ4n) is 0.592. The summed E-state index contributed by atoms with van der Waals surface area (Å²) >= 11 is 0. The van der Waals surface area contributed by atoms with E-state index in [1.165, 1.54) is 0 Å². The van der Waals surface area contributed by atoms with Crippen LogP contribution in [0.4, 0.5) is 0 Å². The maximum Gasteiger partial charge on any atom is 0.330 e. The van der Waals surface area contributed by atoms with Crippen LogP contribution in [0, 0.1) is 0 Å². The SMILES string of the molecule is C=CC(=O)OC(C=C)CP(=O)(O)O. The third kappa shape index (κ3) is 6.28. The number of carbonyl (C=O) groups excluding carboxylic acids is 1. The van der Waals surface area contributed by atoms with Gasteiger partial charge in [-0.15, -0.1) is 0 Å². The molecular weight excluding hydrogens is 195 g/mol. The lowest BCUT2D eigenvalue weighted by atomic mass is 10.4. The molecule has 1 atom stereocenters. The predicted octanol–water partition coefficient (Wildman–Crippen LogP) is 0.448. The van der Waals surface area contributed by atoms with Gasteiger partial charge in [-0.3, -0.25) is 4.57 Å². The Bertz CT molecular complexity index is 254. The molecule has 0 saturated heterocycles. The fourth-order valence-corrected chi connectivity index (χ4v) is 1.28. The van der Waals surface area contributed by atoms with Gasteiger partial charge in [0.2, 0.25) is 0 Å². The van der Waals surface area contributed by atoms with E-state index in [4.69, 9.17) is 9.79 Å². The Labute approximate surface area is 75.9 Å². The molecule has 0 rings (SSSR count). The second-order valence-electron chi connectivity index (χ2n) is 2.26. The first-order valence-corrected chi connectivity index (χ1v) is 5.19. The standard InChI is InChI=1S/C7H11O5P/c1-3-6(5-13(9,10)11)12-7(8)4-2/h3-4,6H,1-2,5H2,(H2,9,10,11). The molecule has 1 unspecified atom stereocenters. The van der Waals surface area contributed by atoms with Gasteiger partial charge in [0.15, 0.2) is 0 Å². The minimum atomic E-state index is -4.19. The van der Waals surface area contributed by atoms with E-state index in [9.17, 15) is 9.36 Å². The van der Waals surface area contributed by atoms with Crippen LogP contribution < -0.4 is 0 Å². The number of rotatable bonds is 5. The van der Waals surface area contributed by atoms with Crippen LogP contribution in [-0.2, 0) is 14.1 Å². The van der Waals surface area contributed by atoms with Crippen LogP contribution in [0.25, 0.3) is 0 Å². The van der Waals surface area contributed by atoms with Gasteiger partial charge in [-0.2, -0.15) is 0 Å². The third-order valence-corrected chi connectivity index (χ3v) is 1.95. The monoisotopic (exact) mass is 206 g/mol. The van der Waals surface area contributed by atoms with Crippen molar-refractivity contribution in [1.29, 1.82) is 0 Å². The van der Waals surface area contributed by atoms with Gasteiger partial charge < -0.3 is 14.5 Å². The van der Waals surface area contributed by atoms with Gasteiger partial charge in [-0.05, 0) is 0 Å². The summed E-state index contributed by atoms with van der Waals surface area (Å²) < 4.78 is 15.1. The zero-order chi connectivity index (χ0) is 10.5. The highest BCUT2D eigenvalue weighted by atomic mass is 31.2. The van der Waals surface area contributed by atoms with Gasteiger partial charge in [-0.25, -0.2) is 4.79 Å². The Morgan fingerprint density at radius 3 is 2.38 bits per heavy atom. The lowest BCUT2D eigenvalue weighted by Crippen LogP contribution is -2.18. The van der Waals surface area contributed by atoms with Crippen molar-refractivity contribution in [3.05, 3.63) is 25.3 Å². The van der Waals surface area contributed by atoms with Crippen molar-refractivity contribution >= 4 is 13.6 Å². The summed E-state index contributed by atoms with van der Waals surface area (Å²) in [6.45, 7) is 6.42. The van der Waals surface area contributed by atoms with Crippen molar-refractivity contribution in [2.24, 2.45) is 0 Å². The van der Waals surface area contributed by atoms with Gasteiger partial charge >= 0.3 is 13.6 Å². The molecule has 0 heterocycles. The predicted molar refractivity (Wildman–Crippen MR) is 47.2 cm³/mol. The van der Waals surface area contributed by atoms with Crippen molar-refractivity contribution in [2.45, 2.75) is 6.10 Å². The Morgan fingerprint density at radius 2 is 2.08 bits per heavy atom. The Hall–Kier alpha value is -0.900. The van der Waals surface area contributed by atoms with Crippen LogP contribution in [0.2, 0.25) is 0 Å². The van der Waals surface area contributed by atoms with Crippen molar-refractivity contribution in [3.8, 4) is 0 Å². The normalized spacial score (nSPS) is 13.1. The lowest BCUT2D eigenvalue weighted by molar-refractivity contribution is -0.140. The van der Waals surface area contributed by atoms with Crippen LogP contribution in [0.5, 0.6) is 0 Å². The van der Waals surface area contributed by atoms with E-state index in [-0.39, 0.29) is 0 Å². The van der Waals surface area contributed by atoms with Crippen molar-refractivity contribution in [1.82, 2.24) is 0 Å². The first-order valence-electron chi connectivity index (χ1n) is 3.39. The van der Waals surface area contributed by atoms with Crippen LogP contribution in [0.3, 0.4) is 0 Å². The van der Waals surface area contributed by atoms with E-state index in [2.05, 4.69) is 17.9 Å². The number of carbonyl (C=O) groups is 1. The summed E-state index contributed by atoms with van der Waals surface area (Å²) in [5, 5.41) is 0. The topological polar surface area (TPSA) is 83.8 Å². The van der Waals surface area contributed by atoms with Crippen LogP contribution >= 0.6 is 7.60 Å². The fraction of sp³-hybridized carbons (Fsp3) is 0.286. The molecule has 0 aliphatic rings. The second-order valence-corrected chi connectivity index (χ2v) is 3.96. The van der Waals surface area contributed by atoms with Crippen LogP contribution in [0.15, 0.2) is 25.3 Å². The van der Waals surface area contributed by atoms with Crippen molar-refractivity contribution < 1.29 is 23.9 Å². The molecule has 0 saturated carbocycles. The Balaban J connectivity index is 4.20. The molecule has 0 aromatic heterocycles. The molecular formula is C7H11O5P. The molecule has 0 spiro atoms. The molecule has 0 amide bonds. The highest BCUT2D eigenvalue weighted by molar-refractivity contribution is 7.51. The summed E-state index contributed by atoms with van der Waals surface area (Å²) in [6.07, 6.45) is 0.526. The van der Waals surface area contributed by atoms with E-state index in [0.717, 1.165) is 12.2 Å². The summed E-state index contributed by atoms with van der Waals surface area (Å²) in [6, 6.07) is 0. The zero-order valence-electron chi connectivity index (χ0n) is 6.92. The number of esters is 1. The average molecular weight is 206 g/mol. The smallest absolute Gasteiger partial charge is 0.330 e. The molecule has 6 heteroatoms. The van der Waals surface area contributed by atoms with E-state index >= 15 is 0 Å². The summed E-state index contributed by atoms with van der Waals surface area (Å²) in [7, 11) is -4.19. The first-order chi connectivity index (χ1) is 5.89. The van der Waals surface area contributed by atoms with Crippen molar-refractivity contribution in [3.63, 3.8) is 0 Å². The quantitative estimate of drug-likeness (QED) is 0.295. The zero-order valence-corrected chi connectivity index (χ0v) is 7.81. The number of hydrogen-bond acceptors (Lipinski definition) is 3. The van der Waals surface area contributed by atoms with Gasteiger partial charge in [0.25, 0.3) is 0 Å². The number of ether oxygens (including phenoxy) is 1. The maximum absolute atomic E-state index is 10.6. The summed E-state index contributed by atoms with van der Waals surface area (Å²) in [5.74, 6) is -0.738. The third-order valence-electron chi connectivity index (χ3n) is 1.11. The molecule has 74 valence electrons. The molecule has 0 fully saturated rings. The number of hydrogen-bond donors (Lipinski definition) is 2. The highest BCUT2D eigenvalue weighted by Gasteiger charge is 2.21. The van der Waals surface area contributed by atoms with Crippen molar-refractivity contribution in [2.75, 3.05) is 6.16 Å². The minimum Gasteiger partial charge on any atom is -0.454 e. The first kappa shape index (κ1) is 12.1. The summed E-state index contributed by atoms with van der Waals surface area (Å²) in [5.41, 5.74) is 0. The highest BCUT2D eigenvalue weighted by Crippen LogP contribution is 2.35. The van der Waals surface area contributed by atoms with E-state index in [1.807, 2.05) is 0 Å². The van der Waals surface area contributed by atoms with Crippen LogP contribution in [-0.4, -0.2) is 28.0 Å². The Kier molecular flexibility index (Phi) is 4.62. The molecule has 0 radical (unpaired) electrons. The molecule has 0 aliphatic carbocycles. The van der Waals surface area contributed by atoms with E-state index in [0.29, 0.717) is 0 Å². The molecule has 0 aliphatic heterocycles. The largest absolute Gasteiger partial charge is 0.454 e.